The van der Waals surface area contributed by atoms with Crippen molar-refractivity contribution in [3.8, 4) is 11.1 Å². The van der Waals surface area contributed by atoms with Crippen molar-refractivity contribution in [2.75, 3.05) is 16.8 Å². The van der Waals surface area contributed by atoms with Gasteiger partial charge in [-0.2, -0.15) is 0 Å². The summed E-state index contributed by atoms with van der Waals surface area (Å²) in [6.07, 6.45) is 0.461. The fourth-order valence-corrected chi connectivity index (χ4v) is 5.59. The van der Waals surface area contributed by atoms with Gasteiger partial charge in [-0.25, -0.2) is 19.2 Å². The SMILES string of the molecule is Cc1nc(N2C[C@@H](CC(=O)Nc3ccc(-c4ccc(F)cc4)c(C)c3)C[C@H]2C(=O)O)c2oc3ccccc3c2n1. The maximum atomic E-state index is 13.3. The lowest BCUT2D eigenvalue weighted by molar-refractivity contribution is -0.138. The fourth-order valence-electron chi connectivity index (χ4n) is 5.59. The molecule has 2 atom stereocenters. The van der Waals surface area contributed by atoms with Gasteiger partial charge in [0.05, 0.1) is 0 Å². The number of anilines is 2. The van der Waals surface area contributed by atoms with E-state index in [-0.39, 0.29) is 24.1 Å². The summed E-state index contributed by atoms with van der Waals surface area (Å²) in [4.78, 5) is 36.1. The molecule has 1 saturated heterocycles. The molecule has 9 heteroatoms. The molecule has 5 aromatic rings. The Labute approximate surface area is 229 Å². The Morgan fingerprint density at radius 1 is 1.07 bits per heavy atom. The van der Waals surface area contributed by atoms with Crippen LogP contribution in [0.15, 0.2) is 71.1 Å². The Bertz CT molecular complexity index is 1770. The van der Waals surface area contributed by atoms with Crippen LogP contribution in [0.25, 0.3) is 33.2 Å². The molecule has 0 saturated carbocycles. The van der Waals surface area contributed by atoms with Crippen LogP contribution in [-0.2, 0) is 9.59 Å². The second-order valence-corrected chi connectivity index (χ2v) is 10.3. The number of aromatic nitrogens is 2. The van der Waals surface area contributed by atoms with Crippen LogP contribution in [0.1, 0.15) is 24.2 Å². The number of para-hydroxylation sites is 1. The number of nitrogens with zero attached hydrogens (tertiary/aromatic N) is 3. The minimum atomic E-state index is -0.976. The van der Waals surface area contributed by atoms with Gasteiger partial charge in [-0.3, -0.25) is 4.79 Å². The lowest BCUT2D eigenvalue weighted by atomic mass is 9.99. The third-order valence-corrected chi connectivity index (χ3v) is 7.40. The number of fused-ring (bicyclic) bond motifs is 3. The van der Waals surface area contributed by atoms with E-state index in [4.69, 9.17) is 4.42 Å². The van der Waals surface area contributed by atoms with Gasteiger partial charge in [0.15, 0.2) is 11.4 Å². The monoisotopic (exact) mass is 538 g/mol. The third kappa shape index (κ3) is 4.75. The first-order chi connectivity index (χ1) is 19.3. The Kier molecular flexibility index (Phi) is 6.42. The van der Waals surface area contributed by atoms with Crippen LogP contribution in [0.4, 0.5) is 15.9 Å². The topological polar surface area (TPSA) is 109 Å². The van der Waals surface area contributed by atoms with Crippen LogP contribution in [0.5, 0.6) is 0 Å². The number of aryl methyl sites for hydroxylation is 2. The number of carboxylic acids is 1. The van der Waals surface area contributed by atoms with Crippen molar-refractivity contribution >= 4 is 45.5 Å². The van der Waals surface area contributed by atoms with Crippen LogP contribution in [-0.4, -0.2) is 39.5 Å². The van der Waals surface area contributed by atoms with Crippen molar-refractivity contribution in [2.45, 2.75) is 32.7 Å². The highest BCUT2D eigenvalue weighted by Crippen LogP contribution is 2.38. The molecule has 2 aromatic heterocycles. The molecule has 0 bridgehead atoms. The average molecular weight is 539 g/mol. The lowest BCUT2D eigenvalue weighted by Gasteiger charge is -2.22. The quantitative estimate of drug-likeness (QED) is 0.269. The van der Waals surface area contributed by atoms with E-state index in [2.05, 4.69) is 15.3 Å². The molecule has 1 aliphatic rings. The number of nitrogens with one attached hydrogen (secondary N) is 1. The first-order valence-corrected chi connectivity index (χ1v) is 13.1. The van der Waals surface area contributed by atoms with Crippen LogP contribution < -0.4 is 10.2 Å². The standard InChI is InChI=1S/C31H27FN4O4/c1-17-13-22(11-12-23(17)20-7-9-21(32)10-8-20)35-27(37)15-19-14-25(31(38)39)36(16-19)30-29-28(33-18(2)34-30)24-5-3-4-6-26(24)40-29/h3-13,19,25H,14-16H2,1-2H3,(H,35,37)(H,38,39)/t19-,25+/m1/s1. The van der Waals surface area contributed by atoms with Crippen LogP contribution in [0.2, 0.25) is 0 Å². The molecular formula is C31H27FN4O4. The number of carboxylic acid groups (broad SMARTS) is 1. The summed E-state index contributed by atoms with van der Waals surface area (Å²) in [5.74, 6) is -0.721. The fraction of sp³-hybridized carbons (Fsp3) is 0.226. The largest absolute Gasteiger partial charge is 0.480 e. The smallest absolute Gasteiger partial charge is 0.326 e. The molecule has 40 heavy (non-hydrogen) atoms. The number of amides is 1. The summed E-state index contributed by atoms with van der Waals surface area (Å²) in [5.41, 5.74) is 5.17. The Morgan fingerprint density at radius 2 is 1.85 bits per heavy atom. The number of carbonyl (C=O) groups is 2. The van der Waals surface area contributed by atoms with E-state index >= 15 is 0 Å². The molecule has 3 heterocycles. The number of aliphatic carboxylic acids is 1. The van der Waals surface area contributed by atoms with Gasteiger partial charge in [-0.05, 0) is 79.3 Å². The zero-order valence-corrected chi connectivity index (χ0v) is 22.0. The van der Waals surface area contributed by atoms with Crippen molar-refractivity contribution < 1.29 is 23.5 Å². The molecular weight excluding hydrogens is 511 g/mol. The highest BCUT2D eigenvalue weighted by Gasteiger charge is 2.40. The van der Waals surface area contributed by atoms with Crippen molar-refractivity contribution in [1.82, 2.24) is 9.97 Å². The first kappa shape index (κ1) is 25.5. The molecule has 6 rings (SSSR count). The second kappa shape index (κ2) is 10.1. The van der Waals surface area contributed by atoms with E-state index < -0.39 is 12.0 Å². The summed E-state index contributed by atoms with van der Waals surface area (Å²) in [6.45, 7) is 4.05. The van der Waals surface area contributed by atoms with E-state index in [0.29, 0.717) is 47.0 Å². The van der Waals surface area contributed by atoms with Gasteiger partial charge in [0.2, 0.25) is 5.91 Å². The van der Waals surface area contributed by atoms with Gasteiger partial charge in [0.25, 0.3) is 0 Å². The van der Waals surface area contributed by atoms with Gasteiger partial charge < -0.3 is 19.7 Å². The van der Waals surface area contributed by atoms with Crippen molar-refractivity contribution in [2.24, 2.45) is 5.92 Å². The molecule has 0 aliphatic carbocycles. The van der Waals surface area contributed by atoms with E-state index in [1.54, 1.807) is 24.0 Å². The highest BCUT2D eigenvalue weighted by atomic mass is 19.1. The van der Waals surface area contributed by atoms with E-state index in [0.717, 1.165) is 22.1 Å². The predicted octanol–water partition coefficient (Wildman–Crippen LogP) is 6.11. The number of furan rings is 1. The Balaban J connectivity index is 1.21. The number of halogens is 1. The number of benzene rings is 3. The van der Waals surface area contributed by atoms with E-state index in [1.807, 2.05) is 49.4 Å². The molecule has 0 unspecified atom stereocenters. The molecule has 0 spiro atoms. The Hall–Kier alpha value is -4.79. The molecule has 1 aliphatic heterocycles. The molecule has 1 fully saturated rings. The van der Waals surface area contributed by atoms with Gasteiger partial charge in [0.1, 0.15) is 28.8 Å². The van der Waals surface area contributed by atoms with Crippen LogP contribution in [0.3, 0.4) is 0 Å². The summed E-state index contributed by atoms with van der Waals surface area (Å²) < 4.78 is 19.4. The van der Waals surface area contributed by atoms with Crippen molar-refractivity contribution in [1.29, 1.82) is 0 Å². The highest BCUT2D eigenvalue weighted by molar-refractivity contribution is 6.06. The van der Waals surface area contributed by atoms with E-state index in [9.17, 15) is 19.1 Å². The zero-order valence-electron chi connectivity index (χ0n) is 22.0. The summed E-state index contributed by atoms with van der Waals surface area (Å²) in [7, 11) is 0. The Morgan fingerprint density at radius 3 is 2.60 bits per heavy atom. The second-order valence-electron chi connectivity index (χ2n) is 10.3. The van der Waals surface area contributed by atoms with Crippen LogP contribution in [0, 0.1) is 25.6 Å². The molecule has 1 amide bonds. The number of hydrogen-bond donors (Lipinski definition) is 2. The predicted molar refractivity (Wildman–Crippen MR) is 151 cm³/mol. The maximum Gasteiger partial charge on any atom is 0.326 e. The number of carbonyl (C=O) groups excluding carboxylic acids is 1. The van der Waals surface area contributed by atoms with Gasteiger partial charge in [0, 0.05) is 24.0 Å². The van der Waals surface area contributed by atoms with Gasteiger partial charge in [-0.1, -0.05) is 30.3 Å². The molecule has 0 radical (unpaired) electrons. The minimum absolute atomic E-state index is 0.159. The number of rotatable bonds is 6. The molecule has 2 N–H and O–H groups in total. The lowest BCUT2D eigenvalue weighted by Crippen LogP contribution is -2.36. The summed E-state index contributed by atoms with van der Waals surface area (Å²) in [6, 6.07) is 18.5. The van der Waals surface area contributed by atoms with Gasteiger partial charge in [-0.15, -0.1) is 0 Å². The van der Waals surface area contributed by atoms with Crippen LogP contribution >= 0.6 is 0 Å². The van der Waals surface area contributed by atoms with Gasteiger partial charge >= 0.3 is 5.97 Å². The zero-order chi connectivity index (χ0) is 28.0. The third-order valence-electron chi connectivity index (χ3n) is 7.40. The first-order valence-electron chi connectivity index (χ1n) is 13.1. The summed E-state index contributed by atoms with van der Waals surface area (Å²) >= 11 is 0. The molecule has 202 valence electrons. The summed E-state index contributed by atoms with van der Waals surface area (Å²) in [5, 5.41) is 13.8. The van der Waals surface area contributed by atoms with E-state index in [1.165, 1.54) is 12.1 Å². The van der Waals surface area contributed by atoms with Crippen molar-refractivity contribution in [3.05, 3.63) is 83.9 Å². The molecule has 3 aromatic carbocycles. The maximum absolute atomic E-state index is 13.3. The number of hydrogen-bond acceptors (Lipinski definition) is 6. The minimum Gasteiger partial charge on any atom is -0.480 e. The average Bonchev–Trinajstić information content (AvgIpc) is 3.51. The van der Waals surface area contributed by atoms with Crippen molar-refractivity contribution in [3.63, 3.8) is 0 Å². The normalized spacial score (nSPS) is 17.0. The molecule has 8 nitrogen and oxygen atoms in total.